The summed E-state index contributed by atoms with van der Waals surface area (Å²) < 4.78 is 5.36. The van der Waals surface area contributed by atoms with E-state index in [2.05, 4.69) is 32.3 Å². The molecule has 1 saturated heterocycles. The molecule has 1 aromatic heterocycles. The lowest BCUT2D eigenvalue weighted by Crippen LogP contribution is -2.49. The molecule has 1 fully saturated rings. The van der Waals surface area contributed by atoms with Gasteiger partial charge < -0.3 is 15.0 Å². The third-order valence-electron chi connectivity index (χ3n) is 3.54. The zero-order valence-electron chi connectivity index (χ0n) is 12.1. The van der Waals surface area contributed by atoms with Crippen LogP contribution in [-0.2, 0) is 0 Å². The van der Waals surface area contributed by atoms with Crippen molar-refractivity contribution in [2.75, 3.05) is 31.6 Å². The Labute approximate surface area is 128 Å². The number of ether oxygens (including phenoxy) is 1. The van der Waals surface area contributed by atoms with Gasteiger partial charge in [-0.15, -0.1) is 5.10 Å². The van der Waals surface area contributed by atoms with E-state index in [4.69, 9.17) is 16.3 Å². The third-order valence-corrected chi connectivity index (χ3v) is 3.78. The molecule has 0 amide bonds. The topological polar surface area (TPSA) is 66.1 Å². The fourth-order valence-corrected chi connectivity index (χ4v) is 2.65. The molecule has 1 atom stereocenters. The number of piperazine rings is 1. The average molecular weight is 308 g/mol. The maximum atomic E-state index is 5.98. The Kier molecular flexibility index (Phi) is 3.98. The summed E-state index contributed by atoms with van der Waals surface area (Å²) in [6.45, 7) is 4.89. The Morgan fingerprint density at radius 1 is 1.43 bits per heavy atom. The van der Waals surface area contributed by atoms with Gasteiger partial charge in [-0.1, -0.05) is 11.6 Å². The summed E-state index contributed by atoms with van der Waals surface area (Å²) in [4.78, 5) is 6.76. The second-order valence-electron chi connectivity index (χ2n) is 5.13. The molecular weight excluding hydrogens is 290 g/mol. The van der Waals surface area contributed by atoms with E-state index in [9.17, 15) is 0 Å². The number of aromatic amines is 1. The summed E-state index contributed by atoms with van der Waals surface area (Å²) in [6, 6.07) is 5.90. The fraction of sp³-hybridized carbons (Fsp3) is 0.429. The van der Waals surface area contributed by atoms with E-state index in [1.807, 2.05) is 12.1 Å². The maximum absolute atomic E-state index is 5.98. The van der Waals surface area contributed by atoms with Crippen molar-refractivity contribution < 1.29 is 4.74 Å². The van der Waals surface area contributed by atoms with E-state index in [0.717, 1.165) is 31.1 Å². The smallest absolute Gasteiger partial charge is 0.245 e. The van der Waals surface area contributed by atoms with Crippen LogP contribution in [0, 0.1) is 0 Å². The summed E-state index contributed by atoms with van der Waals surface area (Å²) in [5, 5.41) is 11.3. The van der Waals surface area contributed by atoms with Crippen LogP contribution in [0.1, 0.15) is 6.92 Å². The molecule has 0 saturated carbocycles. The number of hydrogen-bond acceptors (Lipinski definition) is 5. The van der Waals surface area contributed by atoms with Crippen LogP contribution >= 0.6 is 11.6 Å². The normalized spacial score (nSPS) is 18.8. The molecule has 21 heavy (non-hydrogen) atoms. The minimum absolute atomic E-state index is 0.436. The van der Waals surface area contributed by atoms with Gasteiger partial charge in [0.25, 0.3) is 0 Å². The van der Waals surface area contributed by atoms with Gasteiger partial charge in [0, 0.05) is 30.7 Å². The van der Waals surface area contributed by atoms with Crippen molar-refractivity contribution in [2.45, 2.75) is 13.0 Å². The molecule has 1 unspecified atom stereocenters. The maximum Gasteiger partial charge on any atom is 0.245 e. The number of H-pyrrole nitrogens is 1. The number of aromatic nitrogens is 3. The Morgan fingerprint density at radius 2 is 2.29 bits per heavy atom. The first-order chi connectivity index (χ1) is 10.2. The molecule has 0 aliphatic carbocycles. The molecular formula is C14H18ClN5O. The van der Waals surface area contributed by atoms with E-state index in [-0.39, 0.29) is 0 Å². The van der Waals surface area contributed by atoms with Gasteiger partial charge in [0.05, 0.1) is 12.7 Å². The number of rotatable bonds is 3. The van der Waals surface area contributed by atoms with E-state index in [1.54, 1.807) is 13.2 Å². The predicted octanol–water partition coefficient (Wildman–Crippen LogP) is 1.93. The molecule has 7 heteroatoms. The third kappa shape index (κ3) is 2.96. The van der Waals surface area contributed by atoms with Crippen molar-refractivity contribution in [3.05, 3.63) is 23.2 Å². The first-order valence-electron chi connectivity index (χ1n) is 6.92. The Morgan fingerprint density at radius 3 is 3.05 bits per heavy atom. The van der Waals surface area contributed by atoms with Crippen LogP contribution in [0.5, 0.6) is 5.75 Å². The highest BCUT2D eigenvalue weighted by Crippen LogP contribution is 2.30. The highest BCUT2D eigenvalue weighted by molar-refractivity contribution is 6.30. The summed E-state index contributed by atoms with van der Waals surface area (Å²) >= 11 is 5.98. The molecule has 1 aliphatic rings. The second-order valence-corrected chi connectivity index (χ2v) is 5.57. The molecule has 2 heterocycles. The number of halogens is 1. The average Bonchev–Trinajstić information content (AvgIpc) is 2.96. The molecule has 1 aromatic carbocycles. The van der Waals surface area contributed by atoms with Gasteiger partial charge >= 0.3 is 0 Å². The van der Waals surface area contributed by atoms with Gasteiger partial charge in [-0.3, -0.25) is 5.10 Å². The Balaban J connectivity index is 1.88. The number of anilines is 1. The van der Waals surface area contributed by atoms with Crippen LogP contribution in [0.25, 0.3) is 11.4 Å². The molecule has 6 nitrogen and oxygen atoms in total. The predicted molar refractivity (Wildman–Crippen MR) is 83.1 cm³/mol. The lowest BCUT2D eigenvalue weighted by atomic mass is 10.2. The van der Waals surface area contributed by atoms with Gasteiger partial charge in [-0.05, 0) is 25.1 Å². The Bertz CT molecular complexity index is 630. The van der Waals surface area contributed by atoms with Gasteiger partial charge in [-0.2, -0.15) is 4.98 Å². The lowest BCUT2D eigenvalue weighted by Gasteiger charge is -2.30. The fourth-order valence-electron chi connectivity index (χ4n) is 2.49. The van der Waals surface area contributed by atoms with E-state index >= 15 is 0 Å². The van der Waals surface area contributed by atoms with Gasteiger partial charge in [-0.25, -0.2) is 0 Å². The molecule has 112 valence electrons. The minimum Gasteiger partial charge on any atom is -0.496 e. The zero-order valence-corrected chi connectivity index (χ0v) is 12.8. The number of benzene rings is 1. The first-order valence-corrected chi connectivity index (χ1v) is 7.30. The summed E-state index contributed by atoms with van der Waals surface area (Å²) in [7, 11) is 1.62. The van der Waals surface area contributed by atoms with Gasteiger partial charge in [0.1, 0.15) is 5.75 Å². The van der Waals surface area contributed by atoms with Crippen molar-refractivity contribution >= 4 is 17.5 Å². The minimum atomic E-state index is 0.436. The first kappa shape index (κ1) is 14.2. The largest absolute Gasteiger partial charge is 0.496 e. The zero-order chi connectivity index (χ0) is 14.8. The summed E-state index contributed by atoms with van der Waals surface area (Å²) in [6.07, 6.45) is 0. The standard InChI is InChI=1S/C14H18ClN5O/c1-9-8-20(6-5-16-9)14-17-13(18-19-14)11-4-3-10(15)7-12(11)21-2/h3-4,7,9,16H,5-6,8H2,1-2H3,(H,17,18,19). The quantitative estimate of drug-likeness (QED) is 0.907. The van der Waals surface area contributed by atoms with Gasteiger partial charge in [0.15, 0.2) is 5.82 Å². The number of nitrogens with zero attached hydrogens (tertiary/aromatic N) is 3. The Hall–Kier alpha value is -1.79. The molecule has 0 spiro atoms. The molecule has 0 radical (unpaired) electrons. The molecule has 2 aromatic rings. The van der Waals surface area contributed by atoms with Crippen LogP contribution in [0.15, 0.2) is 18.2 Å². The highest BCUT2D eigenvalue weighted by atomic mass is 35.5. The number of hydrogen-bond donors (Lipinski definition) is 2. The van der Waals surface area contributed by atoms with E-state index < -0.39 is 0 Å². The monoisotopic (exact) mass is 307 g/mol. The number of nitrogens with one attached hydrogen (secondary N) is 2. The second kappa shape index (κ2) is 5.91. The van der Waals surface area contributed by atoms with Crippen LogP contribution in [0.2, 0.25) is 5.02 Å². The van der Waals surface area contributed by atoms with Crippen LogP contribution in [0.4, 0.5) is 5.95 Å². The SMILES string of the molecule is COc1cc(Cl)ccc1-c1nc(N2CCNC(C)C2)n[nH]1. The molecule has 2 N–H and O–H groups in total. The van der Waals surface area contributed by atoms with Crippen molar-refractivity contribution in [3.8, 4) is 17.1 Å². The number of methoxy groups -OCH3 is 1. The lowest BCUT2D eigenvalue weighted by molar-refractivity contribution is 0.416. The van der Waals surface area contributed by atoms with Crippen LogP contribution in [-0.4, -0.2) is 48.0 Å². The van der Waals surface area contributed by atoms with Crippen LogP contribution in [0.3, 0.4) is 0 Å². The highest BCUT2D eigenvalue weighted by Gasteiger charge is 2.20. The van der Waals surface area contributed by atoms with Crippen molar-refractivity contribution in [1.29, 1.82) is 0 Å². The molecule has 3 rings (SSSR count). The van der Waals surface area contributed by atoms with Crippen molar-refractivity contribution in [3.63, 3.8) is 0 Å². The summed E-state index contributed by atoms with van der Waals surface area (Å²) in [5.41, 5.74) is 0.851. The van der Waals surface area contributed by atoms with Gasteiger partial charge in [0.2, 0.25) is 5.95 Å². The van der Waals surface area contributed by atoms with Crippen molar-refractivity contribution in [1.82, 2.24) is 20.5 Å². The molecule has 0 bridgehead atoms. The van der Waals surface area contributed by atoms with E-state index in [0.29, 0.717) is 22.6 Å². The van der Waals surface area contributed by atoms with Crippen LogP contribution < -0.4 is 15.0 Å². The van der Waals surface area contributed by atoms with Crippen molar-refractivity contribution in [2.24, 2.45) is 0 Å². The summed E-state index contributed by atoms with van der Waals surface area (Å²) in [5.74, 6) is 2.08. The molecule has 1 aliphatic heterocycles. The van der Waals surface area contributed by atoms with E-state index in [1.165, 1.54) is 0 Å².